The Labute approximate surface area is 116 Å². The molecule has 1 N–H and O–H groups in total. The SMILES string of the molecule is CCCNc1c(C)c(C)nc2c(CCC)cccc12. The predicted molar refractivity (Wildman–Crippen MR) is 84.0 cm³/mol. The zero-order valence-electron chi connectivity index (χ0n) is 12.5. The summed E-state index contributed by atoms with van der Waals surface area (Å²) >= 11 is 0. The van der Waals surface area contributed by atoms with Gasteiger partial charge >= 0.3 is 0 Å². The van der Waals surface area contributed by atoms with Gasteiger partial charge in [0, 0.05) is 23.3 Å². The van der Waals surface area contributed by atoms with Crippen LogP contribution in [0.2, 0.25) is 0 Å². The van der Waals surface area contributed by atoms with Crippen LogP contribution in [0.5, 0.6) is 0 Å². The topological polar surface area (TPSA) is 24.9 Å². The Kier molecular flexibility index (Phi) is 4.41. The number of para-hydroxylation sites is 1. The molecule has 2 aromatic rings. The van der Waals surface area contributed by atoms with E-state index < -0.39 is 0 Å². The lowest BCUT2D eigenvalue weighted by Crippen LogP contribution is -2.05. The van der Waals surface area contributed by atoms with Gasteiger partial charge in [-0.1, -0.05) is 38.5 Å². The Bertz CT molecular complexity index is 573. The molecule has 0 radical (unpaired) electrons. The minimum absolute atomic E-state index is 1.01. The van der Waals surface area contributed by atoms with Crippen LogP contribution in [-0.2, 0) is 6.42 Å². The molecule has 1 aromatic carbocycles. The van der Waals surface area contributed by atoms with Gasteiger partial charge in [0.15, 0.2) is 0 Å². The predicted octanol–water partition coefficient (Wildman–Crippen LogP) is 4.63. The van der Waals surface area contributed by atoms with E-state index in [0.29, 0.717) is 0 Å². The highest BCUT2D eigenvalue weighted by Gasteiger charge is 2.11. The second-order valence-corrected chi connectivity index (χ2v) is 5.19. The number of rotatable bonds is 5. The number of aryl methyl sites for hydroxylation is 2. The van der Waals surface area contributed by atoms with Crippen molar-refractivity contribution in [3.8, 4) is 0 Å². The lowest BCUT2D eigenvalue weighted by molar-refractivity contribution is 0.924. The van der Waals surface area contributed by atoms with Crippen molar-refractivity contribution < 1.29 is 0 Å². The van der Waals surface area contributed by atoms with E-state index in [4.69, 9.17) is 4.98 Å². The van der Waals surface area contributed by atoms with Crippen LogP contribution in [-0.4, -0.2) is 11.5 Å². The smallest absolute Gasteiger partial charge is 0.0758 e. The van der Waals surface area contributed by atoms with E-state index in [1.807, 2.05) is 0 Å². The van der Waals surface area contributed by atoms with Gasteiger partial charge in [0.1, 0.15) is 0 Å². The molecule has 0 aliphatic carbocycles. The molecule has 102 valence electrons. The van der Waals surface area contributed by atoms with Crippen LogP contribution >= 0.6 is 0 Å². The Morgan fingerprint density at radius 2 is 1.89 bits per heavy atom. The Morgan fingerprint density at radius 1 is 1.11 bits per heavy atom. The van der Waals surface area contributed by atoms with Crippen molar-refractivity contribution in [2.75, 3.05) is 11.9 Å². The number of hydrogen-bond donors (Lipinski definition) is 1. The fourth-order valence-electron chi connectivity index (χ4n) is 2.51. The van der Waals surface area contributed by atoms with E-state index in [1.54, 1.807) is 0 Å². The van der Waals surface area contributed by atoms with Gasteiger partial charge < -0.3 is 5.32 Å². The fraction of sp³-hybridized carbons (Fsp3) is 0.471. The van der Waals surface area contributed by atoms with Crippen molar-refractivity contribution in [2.24, 2.45) is 0 Å². The first-order chi connectivity index (χ1) is 9.19. The van der Waals surface area contributed by atoms with E-state index in [9.17, 15) is 0 Å². The molecule has 0 bridgehead atoms. The summed E-state index contributed by atoms with van der Waals surface area (Å²) in [5, 5.41) is 4.84. The average molecular weight is 256 g/mol. The monoisotopic (exact) mass is 256 g/mol. The number of anilines is 1. The summed E-state index contributed by atoms with van der Waals surface area (Å²) in [5.74, 6) is 0. The van der Waals surface area contributed by atoms with Gasteiger partial charge in [0.25, 0.3) is 0 Å². The lowest BCUT2D eigenvalue weighted by Gasteiger charge is -2.16. The Morgan fingerprint density at radius 3 is 2.58 bits per heavy atom. The maximum absolute atomic E-state index is 4.82. The second-order valence-electron chi connectivity index (χ2n) is 5.19. The van der Waals surface area contributed by atoms with Gasteiger partial charge in [-0.15, -0.1) is 0 Å². The molecule has 0 amide bonds. The number of aromatic nitrogens is 1. The normalized spacial score (nSPS) is 10.9. The summed E-state index contributed by atoms with van der Waals surface area (Å²) in [6.07, 6.45) is 3.39. The number of fused-ring (bicyclic) bond motifs is 1. The van der Waals surface area contributed by atoms with Crippen LogP contribution in [0, 0.1) is 13.8 Å². The molecule has 0 fully saturated rings. The van der Waals surface area contributed by atoms with E-state index in [0.717, 1.165) is 31.5 Å². The molecule has 0 saturated heterocycles. The number of hydrogen-bond acceptors (Lipinski definition) is 2. The van der Waals surface area contributed by atoms with Gasteiger partial charge in [0.05, 0.1) is 5.52 Å². The number of nitrogens with zero attached hydrogens (tertiary/aromatic N) is 1. The summed E-state index contributed by atoms with van der Waals surface area (Å²) in [5.41, 5.74) is 6.21. The molecule has 2 rings (SSSR count). The largest absolute Gasteiger partial charge is 0.384 e. The van der Waals surface area contributed by atoms with Crippen LogP contribution in [0.3, 0.4) is 0 Å². The van der Waals surface area contributed by atoms with E-state index in [2.05, 4.69) is 51.2 Å². The molecule has 0 aliphatic heterocycles. The molecule has 0 unspecified atom stereocenters. The molecule has 0 spiro atoms. The molecule has 2 nitrogen and oxygen atoms in total. The second kappa shape index (κ2) is 6.05. The summed E-state index contributed by atoms with van der Waals surface area (Å²) in [7, 11) is 0. The highest BCUT2D eigenvalue weighted by molar-refractivity contribution is 5.95. The molecular weight excluding hydrogens is 232 g/mol. The van der Waals surface area contributed by atoms with Crippen molar-refractivity contribution >= 4 is 16.6 Å². The first-order valence-corrected chi connectivity index (χ1v) is 7.31. The van der Waals surface area contributed by atoms with Gasteiger partial charge in [-0.3, -0.25) is 4.98 Å². The van der Waals surface area contributed by atoms with Gasteiger partial charge in [-0.2, -0.15) is 0 Å². The number of nitrogens with one attached hydrogen (secondary N) is 1. The first-order valence-electron chi connectivity index (χ1n) is 7.31. The summed E-state index contributed by atoms with van der Waals surface area (Å²) in [4.78, 5) is 4.82. The highest BCUT2D eigenvalue weighted by atomic mass is 14.9. The summed E-state index contributed by atoms with van der Waals surface area (Å²) < 4.78 is 0. The van der Waals surface area contributed by atoms with E-state index in [1.165, 1.54) is 27.7 Å². The number of benzene rings is 1. The van der Waals surface area contributed by atoms with Gasteiger partial charge in [0.2, 0.25) is 0 Å². The molecule has 1 aromatic heterocycles. The van der Waals surface area contributed by atoms with Crippen LogP contribution in [0.15, 0.2) is 18.2 Å². The highest BCUT2D eigenvalue weighted by Crippen LogP contribution is 2.30. The third kappa shape index (κ3) is 2.73. The molecule has 2 heteroatoms. The quantitative estimate of drug-likeness (QED) is 0.844. The van der Waals surface area contributed by atoms with Crippen LogP contribution in [0.25, 0.3) is 10.9 Å². The van der Waals surface area contributed by atoms with Gasteiger partial charge in [-0.05, 0) is 37.8 Å². The van der Waals surface area contributed by atoms with Crippen LogP contribution in [0.1, 0.15) is 43.5 Å². The molecule has 0 atom stereocenters. The summed E-state index contributed by atoms with van der Waals surface area (Å²) in [6, 6.07) is 6.55. The van der Waals surface area contributed by atoms with Crippen molar-refractivity contribution in [1.82, 2.24) is 4.98 Å². The molecule has 0 saturated carbocycles. The third-order valence-corrected chi connectivity index (χ3v) is 3.66. The first kappa shape index (κ1) is 13.9. The van der Waals surface area contributed by atoms with Crippen LogP contribution in [0.4, 0.5) is 5.69 Å². The van der Waals surface area contributed by atoms with Crippen LogP contribution < -0.4 is 5.32 Å². The maximum atomic E-state index is 4.82. The molecular formula is C17H24N2. The third-order valence-electron chi connectivity index (χ3n) is 3.66. The fourth-order valence-corrected chi connectivity index (χ4v) is 2.51. The zero-order chi connectivity index (χ0) is 13.8. The van der Waals surface area contributed by atoms with E-state index >= 15 is 0 Å². The van der Waals surface area contributed by atoms with E-state index in [-0.39, 0.29) is 0 Å². The lowest BCUT2D eigenvalue weighted by atomic mass is 10.0. The Balaban J connectivity index is 2.64. The minimum atomic E-state index is 1.01. The average Bonchev–Trinajstić information content (AvgIpc) is 2.41. The summed E-state index contributed by atoms with van der Waals surface area (Å²) in [6.45, 7) is 9.69. The maximum Gasteiger partial charge on any atom is 0.0758 e. The number of pyridine rings is 1. The van der Waals surface area contributed by atoms with Crippen molar-refractivity contribution in [3.63, 3.8) is 0 Å². The Hall–Kier alpha value is -1.57. The molecule has 1 heterocycles. The minimum Gasteiger partial charge on any atom is -0.384 e. The van der Waals surface area contributed by atoms with Crippen molar-refractivity contribution in [2.45, 2.75) is 47.0 Å². The van der Waals surface area contributed by atoms with Crippen molar-refractivity contribution in [1.29, 1.82) is 0 Å². The molecule has 0 aliphatic rings. The zero-order valence-corrected chi connectivity index (χ0v) is 12.5. The van der Waals surface area contributed by atoms with Gasteiger partial charge in [-0.25, -0.2) is 0 Å². The molecule has 19 heavy (non-hydrogen) atoms. The van der Waals surface area contributed by atoms with Crippen molar-refractivity contribution in [3.05, 3.63) is 35.0 Å². The standard InChI is InChI=1S/C17H24N2/c1-5-8-14-9-7-10-15-16(18-11-6-2)12(3)13(4)19-17(14)15/h7,9-10H,5-6,8,11H2,1-4H3,(H,18,19).